The molecule has 0 aliphatic heterocycles. The van der Waals surface area contributed by atoms with Gasteiger partial charge in [0.2, 0.25) is 0 Å². The van der Waals surface area contributed by atoms with Crippen LogP contribution >= 0.6 is 11.3 Å². The van der Waals surface area contributed by atoms with E-state index in [0.29, 0.717) is 24.7 Å². The molecule has 0 aliphatic rings. The summed E-state index contributed by atoms with van der Waals surface area (Å²) >= 11 is 1.38. The Kier molecular flexibility index (Phi) is 4.99. The lowest BCUT2D eigenvalue weighted by atomic mass is 10.3. The van der Waals surface area contributed by atoms with E-state index in [2.05, 4.69) is 15.4 Å². The number of para-hydroxylation sites is 1. The lowest BCUT2D eigenvalue weighted by Crippen LogP contribution is -2.23. The van der Waals surface area contributed by atoms with Crippen LogP contribution in [0.15, 0.2) is 53.1 Å². The number of thiazole rings is 1. The van der Waals surface area contributed by atoms with Crippen molar-refractivity contribution in [1.29, 1.82) is 0 Å². The van der Waals surface area contributed by atoms with E-state index in [1.807, 2.05) is 47.1 Å². The number of hydrogen-bond donors (Lipinski definition) is 1. The zero-order valence-corrected chi connectivity index (χ0v) is 15.5. The average Bonchev–Trinajstić information content (AvgIpc) is 3.43. The molecule has 8 heteroatoms. The summed E-state index contributed by atoms with van der Waals surface area (Å²) < 4.78 is 13.4. The van der Waals surface area contributed by atoms with Crippen LogP contribution in [-0.4, -0.2) is 34.4 Å². The van der Waals surface area contributed by atoms with Gasteiger partial charge in [-0.25, -0.2) is 4.98 Å². The molecule has 0 unspecified atom stereocenters. The zero-order chi connectivity index (χ0) is 18.6. The second-order valence-corrected chi connectivity index (χ2v) is 6.91. The molecule has 1 amide bonds. The van der Waals surface area contributed by atoms with Crippen LogP contribution in [0.4, 0.5) is 0 Å². The Labute approximate surface area is 159 Å². The molecule has 0 bridgehead atoms. The third-order valence-electron chi connectivity index (χ3n) is 4.03. The highest BCUT2D eigenvalue weighted by Crippen LogP contribution is 2.23. The van der Waals surface area contributed by atoms with Crippen molar-refractivity contribution in [3.05, 3.63) is 59.4 Å². The largest absolute Gasteiger partial charge is 0.463 e. The minimum absolute atomic E-state index is 0.206. The number of nitrogens with zero attached hydrogens (tertiary/aromatic N) is 3. The lowest BCUT2D eigenvalue weighted by Gasteiger charge is -2.04. The van der Waals surface area contributed by atoms with Crippen molar-refractivity contribution in [3.63, 3.8) is 0 Å². The number of carbonyl (C=O) groups is 1. The van der Waals surface area contributed by atoms with Crippen LogP contribution in [0.3, 0.4) is 0 Å². The Morgan fingerprint density at radius 3 is 2.96 bits per heavy atom. The topological polar surface area (TPSA) is 82.2 Å². The summed E-state index contributed by atoms with van der Waals surface area (Å²) in [5.74, 6) is 0.518. The van der Waals surface area contributed by atoms with Gasteiger partial charge in [0.1, 0.15) is 5.69 Å². The van der Waals surface area contributed by atoms with Gasteiger partial charge >= 0.3 is 0 Å². The molecule has 0 spiro atoms. The summed E-state index contributed by atoms with van der Waals surface area (Å²) in [6.07, 6.45) is 1.62. The maximum absolute atomic E-state index is 12.4. The standard InChI is InChI=1S/C19H18N4O3S/c1-25-10-8-23-15(16-6-4-9-26-16)11-13(22-23)12-20-18(24)19-21-14-5-2-3-7-17(14)27-19/h2-7,9,11H,8,10,12H2,1H3,(H,20,24). The van der Waals surface area contributed by atoms with Gasteiger partial charge in [0.25, 0.3) is 5.91 Å². The number of carbonyl (C=O) groups excluding carboxylic acids is 1. The van der Waals surface area contributed by atoms with Crippen molar-refractivity contribution < 1.29 is 13.9 Å². The molecule has 0 saturated carbocycles. The lowest BCUT2D eigenvalue weighted by molar-refractivity contribution is 0.0950. The monoisotopic (exact) mass is 382 g/mol. The van der Waals surface area contributed by atoms with Crippen molar-refractivity contribution in [2.45, 2.75) is 13.1 Å². The summed E-state index contributed by atoms with van der Waals surface area (Å²) in [6, 6.07) is 13.3. The third-order valence-corrected chi connectivity index (χ3v) is 5.06. The van der Waals surface area contributed by atoms with Gasteiger partial charge in [-0.05, 0) is 30.3 Å². The number of hydrogen-bond acceptors (Lipinski definition) is 6. The number of amides is 1. The molecule has 0 atom stereocenters. The molecule has 7 nitrogen and oxygen atoms in total. The number of furan rings is 1. The van der Waals surface area contributed by atoms with Crippen LogP contribution in [0.2, 0.25) is 0 Å². The van der Waals surface area contributed by atoms with E-state index < -0.39 is 0 Å². The Hall–Kier alpha value is -2.97. The third kappa shape index (κ3) is 3.76. The SMILES string of the molecule is COCCn1nc(CNC(=O)c2nc3ccccc3s2)cc1-c1ccco1. The van der Waals surface area contributed by atoms with Gasteiger partial charge in [0.05, 0.1) is 41.9 Å². The second kappa shape index (κ2) is 7.73. The van der Waals surface area contributed by atoms with Gasteiger partial charge in [0.15, 0.2) is 10.8 Å². The second-order valence-electron chi connectivity index (χ2n) is 5.88. The number of aromatic nitrogens is 3. The molecule has 1 aromatic carbocycles. The first-order valence-corrected chi connectivity index (χ1v) is 9.29. The fourth-order valence-electron chi connectivity index (χ4n) is 2.74. The van der Waals surface area contributed by atoms with Crippen LogP contribution in [0.1, 0.15) is 15.5 Å². The molecule has 138 valence electrons. The first-order chi connectivity index (χ1) is 13.2. The number of nitrogens with one attached hydrogen (secondary N) is 1. The highest BCUT2D eigenvalue weighted by atomic mass is 32.1. The number of methoxy groups -OCH3 is 1. The maximum Gasteiger partial charge on any atom is 0.280 e. The van der Waals surface area contributed by atoms with Gasteiger partial charge in [-0.3, -0.25) is 9.48 Å². The molecule has 0 radical (unpaired) electrons. The quantitative estimate of drug-likeness (QED) is 0.530. The van der Waals surface area contributed by atoms with Gasteiger partial charge < -0.3 is 14.5 Å². The molecule has 27 heavy (non-hydrogen) atoms. The van der Waals surface area contributed by atoms with E-state index >= 15 is 0 Å². The van der Waals surface area contributed by atoms with Gasteiger partial charge in [0, 0.05) is 7.11 Å². The Balaban J connectivity index is 1.49. The predicted molar refractivity (Wildman–Crippen MR) is 103 cm³/mol. The van der Waals surface area contributed by atoms with Crippen LogP contribution in [0, 0.1) is 0 Å². The van der Waals surface area contributed by atoms with E-state index in [1.54, 1.807) is 13.4 Å². The summed E-state index contributed by atoms with van der Waals surface area (Å²) in [5, 5.41) is 7.89. The zero-order valence-electron chi connectivity index (χ0n) is 14.7. The Morgan fingerprint density at radius 1 is 1.30 bits per heavy atom. The van der Waals surface area contributed by atoms with Crippen LogP contribution in [0.25, 0.3) is 21.7 Å². The predicted octanol–water partition coefficient (Wildman–Crippen LogP) is 3.33. The first kappa shape index (κ1) is 17.4. The molecular weight excluding hydrogens is 364 g/mol. The van der Waals surface area contributed by atoms with Gasteiger partial charge in [-0.2, -0.15) is 5.10 Å². The van der Waals surface area contributed by atoms with E-state index in [9.17, 15) is 4.79 Å². The maximum atomic E-state index is 12.4. The highest BCUT2D eigenvalue weighted by Gasteiger charge is 2.15. The number of fused-ring (bicyclic) bond motifs is 1. The molecule has 3 aromatic heterocycles. The van der Waals surface area contributed by atoms with E-state index in [4.69, 9.17) is 9.15 Å². The highest BCUT2D eigenvalue weighted by molar-refractivity contribution is 7.20. The molecule has 4 aromatic rings. The number of rotatable bonds is 7. The van der Waals surface area contributed by atoms with Crippen molar-refractivity contribution in [1.82, 2.24) is 20.1 Å². The number of benzene rings is 1. The molecule has 3 heterocycles. The normalized spacial score (nSPS) is 11.1. The summed E-state index contributed by atoms with van der Waals surface area (Å²) in [5.41, 5.74) is 2.42. The number of ether oxygens (including phenoxy) is 1. The fourth-order valence-corrected chi connectivity index (χ4v) is 3.63. The summed E-state index contributed by atoms with van der Waals surface area (Å²) in [4.78, 5) is 16.8. The Bertz CT molecular complexity index is 1020. The molecule has 0 fully saturated rings. The minimum Gasteiger partial charge on any atom is -0.463 e. The molecule has 1 N–H and O–H groups in total. The fraction of sp³-hybridized carbons (Fsp3) is 0.211. The van der Waals surface area contributed by atoms with E-state index in [1.165, 1.54) is 11.3 Å². The first-order valence-electron chi connectivity index (χ1n) is 8.48. The van der Waals surface area contributed by atoms with Crippen molar-refractivity contribution in [2.75, 3.05) is 13.7 Å². The van der Waals surface area contributed by atoms with E-state index in [0.717, 1.165) is 27.4 Å². The van der Waals surface area contributed by atoms with Crippen LogP contribution in [-0.2, 0) is 17.8 Å². The Morgan fingerprint density at radius 2 is 2.19 bits per heavy atom. The van der Waals surface area contributed by atoms with Crippen LogP contribution in [0.5, 0.6) is 0 Å². The van der Waals surface area contributed by atoms with Crippen LogP contribution < -0.4 is 5.32 Å². The van der Waals surface area contributed by atoms with Gasteiger partial charge in [-0.1, -0.05) is 12.1 Å². The summed E-state index contributed by atoms with van der Waals surface area (Å²) in [7, 11) is 1.65. The van der Waals surface area contributed by atoms with Crippen molar-refractivity contribution >= 4 is 27.5 Å². The average molecular weight is 382 g/mol. The smallest absolute Gasteiger partial charge is 0.280 e. The molecule has 0 saturated heterocycles. The minimum atomic E-state index is -0.206. The summed E-state index contributed by atoms with van der Waals surface area (Å²) in [6.45, 7) is 1.44. The van der Waals surface area contributed by atoms with E-state index in [-0.39, 0.29) is 5.91 Å². The van der Waals surface area contributed by atoms with Crippen molar-refractivity contribution in [3.8, 4) is 11.5 Å². The molecular formula is C19H18N4O3S. The van der Waals surface area contributed by atoms with Gasteiger partial charge in [-0.15, -0.1) is 11.3 Å². The van der Waals surface area contributed by atoms with Crippen molar-refractivity contribution in [2.24, 2.45) is 0 Å². The molecule has 4 rings (SSSR count). The molecule has 0 aliphatic carbocycles.